The molecule has 1 aliphatic rings. The summed E-state index contributed by atoms with van der Waals surface area (Å²) in [6, 6.07) is 3.52. The smallest absolute Gasteiger partial charge is 0.254 e. The van der Waals surface area contributed by atoms with Crippen molar-refractivity contribution in [1.29, 1.82) is 0 Å². The van der Waals surface area contributed by atoms with Crippen LogP contribution < -0.4 is 5.73 Å². The Labute approximate surface area is 120 Å². The summed E-state index contributed by atoms with van der Waals surface area (Å²) in [6.45, 7) is 6.05. The first-order valence-electron chi connectivity index (χ1n) is 7.31. The molecule has 2 N–H and O–H groups in total. The third-order valence-electron chi connectivity index (χ3n) is 3.53. The number of nitrogen functional groups attached to an aromatic ring is 1. The van der Waals surface area contributed by atoms with E-state index in [4.69, 9.17) is 10.5 Å². The Morgan fingerprint density at radius 2 is 2.30 bits per heavy atom. The molecule has 5 nitrogen and oxygen atoms in total. The van der Waals surface area contributed by atoms with Gasteiger partial charge in [-0.25, -0.2) is 4.98 Å². The number of morpholine rings is 1. The quantitative estimate of drug-likeness (QED) is 0.912. The van der Waals surface area contributed by atoms with Gasteiger partial charge in [-0.1, -0.05) is 20.3 Å². The Bertz CT molecular complexity index is 476. The van der Waals surface area contributed by atoms with E-state index in [-0.39, 0.29) is 12.0 Å². The zero-order valence-corrected chi connectivity index (χ0v) is 12.3. The van der Waals surface area contributed by atoms with Gasteiger partial charge in [0.15, 0.2) is 0 Å². The number of nitrogens with zero attached hydrogens (tertiary/aromatic N) is 2. The second kappa shape index (κ2) is 6.70. The third kappa shape index (κ3) is 3.48. The molecule has 0 bridgehead atoms. The molecule has 1 unspecified atom stereocenters. The van der Waals surface area contributed by atoms with Gasteiger partial charge in [0.2, 0.25) is 0 Å². The van der Waals surface area contributed by atoms with Gasteiger partial charge in [-0.05, 0) is 25.0 Å². The van der Waals surface area contributed by atoms with Crippen LogP contribution in [0.1, 0.15) is 42.7 Å². The molecule has 2 heterocycles. The molecule has 0 aromatic carbocycles. The van der Waals surface area contributed by atoms with Gasteiger partial charge in [-0.2, -0.15) is 0 Å². The molecular weight excluding hydrogens is 254 g/mol. The van der Waals surface area contributed by atoms with Crippen molar-refractivity contribution >= 4 is 11.7 Å². The number of amides is 1. The Kier molecular flexibility index (Phi) is 4.95. The fraction of sp³-hybridized carbons (Fsp3) is 0.600. The van der Waals surface area contributed by atoms with E-state index in [2.05, 4.69) is 18.8 Å². The summed E-state index contributed by atoms with van der Waals surface area (Å²) >= 11 is 0. The van der Waals surface area contributed by atoms with Crippen molar-refractivity contribution in [3.63, 3.8) is 0 Å². The maximum absolute atomic E-state index is 12.6. The highest BCUT2D eigenvalue weighted by Gasteiger charge is 2.24. The molecule has 20 heavy (non-hydrogen) atoms. The Morgan fingerprint density at radius 3 is 3.00 bits per heavy atom. The van der Waals surface area contributed by atoms with E-state index in [0.717, 1.165) is 25.0 Å². The number of ether oxygens (including phenoxy) is 1. The summed E-state index contributed by atoms with van der Waals surface area (Å²) in [7, 11) is 0. The monoisotopic (exact) mass is 277 g/mol. The lowest BCUT2D eigenvalue weighted by molar-refractivity contribution is -0.0226. The third-order valence-corrected chi connectivity index (χ3v) is 3.53. The highest BCUT2D eigenvalue weighted by Crippen LogP contribution is 2.15. The van der Waals surface area contributed by atoms with E-state index in [1.165, 1.54) is 0 Å². The minimum Gasteiger partial charge on any atom is -0.384 e. The minimum atomic E-state index is 0.0261. The summed E-state index contributed by atoms with van der Waals surface area (Å²) in [6.07, 6.45) is 2.89. The molecule has 2 rings (SSSR count). The number of pyridine rings is 1. The second-order valence-electron chi connectivity index (χ2n) is 5.17. The number of hydrogen-bond donors (Lipinski definition) is 1. The average molecular weight is 277 g/mol. The van der Waals surface area contributed by atoms with E-state index >= 15 is 0 Å². The summed E-state index contributed by atoms with van der Waals surface area (Å²) in [5.74, 6) is 0.442. The normalized spacial score (nSPS) is 19.1. The SMILES string of the molecule is CCCc1cc(C(=O)N2CCOC(CC)C2)cc(N)n1. The van der Waals surface area contributed by atoms with Crippen LogP contribution in [0.25, 0.3) is 0 Å². The Hall–Kier alpha value is -1.62. The first kappa shape index (κ1) is 14.8. The summed E-state index contributed by atoms with van der Waals surface area (Å²) in [4.78, 5) is 18.7. The molecule has 1 atom stereocenters. The fourth-order valence-electron chi connectivity index (χ4n) is 2.45. The molecule has 1 fully saturated rings. The second-order valence-corrected chi connectivity index (χ2v) is 5.17. The molecule has 1 saturated heterocycles. The van der Waals surface area contributed by atoms with Gasteiger partial charge in [0.05, 0.1) is 12.7 Å². The number of aromatic nitrogens is 1. The fourth-order valence-corrected chi connectivity index (χ4v) is 2.45. The molecule has 1 amide bonds. The van der Waals surface area contributed by atoms with Crippen LogP contribution in [0, 0.1) is 0 Å². The van der Waals surface area contributed by atoms with Crippen molar-refractivity contribution in [2.24, 2.45) is 0 Å². The maximum Gasteiger partial charge on any atom is 0.254 e. The van der Waals surface area contributed by atoms with E-state index in [9.17, 15) is 4.79 Å². The van der Waals surface area contributed by atoms with Crippen LogP contribution in [-0.4, -0.2) is 41.6 Å². The number of hydrogen-bond acceptors (Lipinski definition) is 4. The standard InChI is InChI=1S/C15H23N3O2/c1-3-5-12-8-11(9-14(16)17-12)15(19)18-6-7-20-13(4-2)10-18/h8-9,13H,3-7,10H2,1-2H3,(H2,16,17). The van der Waals surface area contributed by atoms with Gasteiger partial charge in [0.25, 0.3) is 5.91 Å². The van der Waals surface area contributed by atoms with Crippen LogP contribution in [0.5, 0.6) is 0 Å². The molecule has 1 aromatic heterocycles. The number of carbonyl (C=O) groups is 1. The maximum atomic E-state index is 12.6. The molecule has 0 spiro atoms. The van der Waals surface area contributed by atoms with Crippen LogP contribution >= 0.6 is 0 Å². The molecular formula is C15H23N3O2. The number of carbonyl (C=O) groups excluding carboxylic acids is 1. The number of aryl methyl sites for hydroxylation is 1. The zero-order chi connectivity index (χ0) is 14.5. The number of rotatable bonds is 4. The van der Waals surface area contributed by atoms with Crippen molar-refractivity contribution in [3.05, 3.63) is 23.4 Å². The van der Waals surface area contributed by atoms with Crippen molar-refractivity contribution in [1.82, 2.24) is 9.88 Å². The Balaban J connectivity index is 2.15. The van der Waals surface area contributed by atoms with Crippen molar-refractivity contribution in [3.8, 4) is 0 Å². The van der Waals surface area contributed by atoms with Crippen LogP contribution in [-0.2, 0) is 11.2 Å². The summed E-state index contributed by atoms with van der Waals surface area (Å²) in [5.41, 5.74) is 7.33. The van der Waals surface area contributed by atoms with Crippen LogP contribution in [0.2, 0.25) is 0 Å². The highest BCUT2D eigenvalue weighted by atomic mass is 16.5. The van der Waals surface area contributed by atoms with E-state index in [1.807, 2.05) is 11.0 Å². The average Bonchev–Trinajstić information content (AvgIpc) is 2.46. The van der Waals surface area contributed by atoms with E-state index < -0.39 is 0 Å². The van der Waals surface area contributed by atoms with Gasteiger partial charge < -0.3 is 15.4 Å². The van der Waals surface area contributed by atoms with Gasteiger partial charge in [0, 0.05) is 24.3 Å². The lowest BCUT2D eigenvalue weighted by atomic mass is 10.1. The summed E-state index contributed by atoms with van der Waals surface area (Å²) < 4.78 is 5.60. The summed E-state index contributed by atoms with van der Waals surface area (Å²) in [5, 5.41) is 0. The molecule has 1 aromatic rings. The van der Waals surface area contributed by atoms with Gasteiger partial charge >= 0.3 is 0 Å². The van der Waals surface area contributed by atoms with Crippen LogP contribution in [0.3, 0.4) is 0 Å². The highest BCUT2D eigenvalue weighted by molar-refractivity contribution is 5.95. The van der Waals surface area contributed by atoms with Crippen LogP contribution in [0.15, 0.2) is 12.1 Å². The lowest BCUT2D eigenvalue weighted by Gasteiger charge is -2.32. The number of nitrogens with two attached hydrogens (primary N) is 1. The number of anilines is 1. The first-order chi connectivity index (χ1) is 9.63. The first-order valence-corrected chi connectivity index (χ1v) is 7.31. The van der Waals surface area contributed by atoms with E-state index in [1.54, 1.807) is 6.07 Å². The molecule has 5 heteroatoms. The zero-order valence-electron chi connectivity index (χ0n) is 12.3. The minimum absolute atomic E-state index is 0.0261. The Morgan fingerprint density at radius 1 is 1.50 bits per heavy atom. The molecule has 0 saturated carbocycles. The van der Waals surface area contributed by atoms with E-state index in [0.29, 0.717) is 31.1 Å². The van der Waals surface area contributed by atoms with Gasteiger partial charge in [0.1, 0.15) is 5.82 Å². The van der Waals surface area contributed by atoms with Crippen molar-refractivity contribution in [2.45, 2.75) is 39.2 Å². The van der Waals surface area contributed by atoms with Crippen molar-refractivity contribution < 1.29 is 9.53 Å². The molecule has 110 valence electrons. The van der Waals surface area contributed by atoms with Crippen molar-refractivity contribution in [2.75, 3.05) is 25.4 Å². The molecule has 1 aliphatic heterocycles. The largest absolute Gasteiger partial charge is 0.384 e. The predicted octanol–water partition coefficient (Wildman–Crippen LogP) is 1.87. The topological polar surface area (TPSA) is 68.5 Å². The lowest BCUT2D eigenvalue weighted by Crippen LogP contribution is -2.45. The molecule has 0 radical (unpaired) electrons. The predicted molar refractivity (Wildman–Crippen MR) is 78.6 cm³/mol. The molecule has 0 aliphatic carbocycles. The van der Waals surface area contributed by atoms with Gasteiger partial charge in [-0.3, -0.25) is 4.79 Å². The van der Waals surface area contributed by atoms with Crippen LogP contribution in [0.4, 0.5) is 5.82 Å². The van der Waals surface area contributed by atoms with Gasteiger partial charge in [-0.15, -0.1) is 0 Å².